The van der Waals surface area contributed by atoms with Crippen LogP contribution in [-0.2, 0) is 11.4 Å². The van der Waals surface area contributed by atoms with Crippen molar-refractivity contribution in [3.8, 4) is 16.9 Å². The van der Waals surface area contributed by atoms with Gasteiger partial charge in [-0.2, -0.15) is 0 Å². The maximum Gasteiger partial charge on any atom is 0.228 e. The molecule has 32 heavy (non-hydrogen) atoms. The zero-order valence-electron chi connectivity index (χ0n) is 16.8. The number of hydrazine groups is 1. The number of carbonyl (C=O) groups is 1. The lowest BCUT2D eigenvalue weighted by molar-refractivity contribution is -0.117. The fourth-order valence-electron chi connectivity index (χ4n) is 2.97. The zero-order chi connectivity index (χ0) is 23.1. The van der Waals surface area contributed by atoms with E-state index in [4.69, 9.17) is 21.4 Å². The Morgan fingerprint density at radius 1 is 1.03 bits per heavy atom. The molecule has 1 amide bonds. The summed E-state index contributed by atoms with van der Waals surface area (Å²) in [7, 11) is 0. The van der Waals surface area contributed by atoms with Crippen LogP contribution < -0.4 is 10.2 Å². The number of nitrogens with one attached hydrogen (secondary N) is 1. The first-order chi connectivity index (χ1) is 15.4. The van der Waals surface area contributed by atoms with Crippen LogP contribution >= 0.6 is 11.6 Å². The second kappa shape index (κ2) is 10.9. The Hall–Kier alpha value is -3.23. The fraction of sp³-hybridized carbons (Fsp3) is 0.174. The van der Waals surface area contributed by atoms with Crippen LogP contribution in [-0.4, -0.2) is 29.7 Å². The average molecular weight is 465 g/mol. The predicted molar refractivity (Wildman–Crippen MR) is 116 cm³/mol. The first-order valence-corrected chi connectivity index (χ1v) is 10.1. The SMILES string of the molecule is O=CN(CCCO)Nc1c(F)cccc1COc1ccc(-c2cc(F)c(F)cc2Cl)cc1. The van der Waals surface area contributed by atoms with Gasteiger partial charge < -0.3 is 9.84 Å². The monoisotopic (exact) mass is 464 g/mol. The molecule has 3 rings (SSSR count). The number of hydrogen-bond acceptors (Lipinski definition) is 4. The summed E-state index contributed by atoms with van der Waals surface area (Å²) >= 11 is 6.01. The van der Waals surface area contributed by atoms with Gasteiger partial charge >= 0.3 is 0 Å². The molecule has 0 heterocycles. The van der Waals surface area contributed by atoms with Crippen molar-refractivity contribution < 1.29 is 27.8 Å². The molecule has 168 valence electrons. The molecule has 5 nitrogen and oxygen atoms in total. The van der Waals surface area contributed by atoms with Crippen molar-refractivity contribution >= 4 is 23.7 Å². The minimum atomic E-state index is -1.03. The Kier molecular flexibility index (Phi) is 7.97. The molecule has 0 aromatic heterocycles. The lowest BCUT2D eigenvalue weighted by atomic mass is 10.1. The molecule has 0 radical (unpaired) electrons. The van der Waals surface area contributed by atoms with Gasteiger partial charge in [0, 0.05) is 24.3 Å². The van der Waals surface area contributed by atoms with Gasteiger partial charge in [-0.05, 0) is 42.3 Å². The van der Waals surface area contributed by atoms with E-state index >= 15 is 0 Å². The van der Waals surface area contributed by atoms with Crippen LogP contribution in [0.25, 0.3) is 11.1 Å². The molecule has 3 aromatic rings. The van der Waals surface area contributed by atoms with Gasteiger partial charge in [-0.15, -0.1) is 0 Å². The van der Waals surface area contributed by atoms with Gasteiger partial charge in [0.25, 0.3) is 0 Å². The maximum atomic E-state index is 14.4. The normalized spacial score (nSPS) is 10.7. The van der Waals surface area contributed by atoms with E-state index in [1.165, 1.54) is 12.1 Å². The number of amides is 1. The van der Waals surface area contributed by atoms with E-state index in [0.717, 1.165) is 17.1 Å². The summed E-state index contributed by atoms with van der Waals surface area (Å²) in [6, 6.07) is 12.9. The smallest absolute Gasteiger partial charge is 0.228 e. The summed E-state index contributed by atoms with van der Waals surface area (Å²) in [5.74, 6) is -2.14. The number of aliphatic hydroxyl groups is 1. The molecule has 0 bridgehead atoms. The Morgan fingerprint density at radius 3 is 2.44 bits per heavy atom. The van der Waals surface area contributed by atoms with Crippen molar-refractivity contribution in [3.63, 3.8) is 0 Å². The van der Waals surface area contributed by atoms with Gasteiger partial charge in [0.15, 0.2) is 11.6 Å². The van der Waals surface area contributed by atoms with Crippen molar-refractivity contribution in [2.24, 2.45) is 0 Å². The summed E-state index contributed by atoms with van der Waals surface area (Å²) in [6.45, 7) is 0.0890. The van der Waals surface area contributed by atoms with Gasteiger partial charge in [-0.3, -0.25) is 15.2 Å². The van der Waals surface area contributed by atoms with Gasteiger partial charge in [-0.1, -0.05) is 35.9 Å². The highest BCUT2D eigenvalue weighted by Crippen LogP contribution is 2.31. The topological polar surface area (TPSA) is 61.8 Å². The summed E-state index contributed by atoms with van der Waals surface area (Å²) in [4.78, 5) is 11.2. The number of aliphatic hydroxyl groups excluding tert-OH is 1. The highest BCUT2D eigenvalue weighted by atomic mass is 35.5. The first-order valence-electron chi connectivity index (χ1n) is 9.67. The lowest BCUT2D eigenvalue weighted by Crippen LogP contribution is -2.31. The highest BCUT2D eigenvalue weighted by molar-refractivity contribution is 6.33. The van der Waals surface area contributed by atoms with Crippen molar-refractivity contribution in [3.05, 3.63) is 82.6 Å². The summed E-state index contributed by atoms with van der Waals surface area (Å²) < 4.78 is 46.9. The molecule has 0 saturated heterocycles. The number of para-hydroxylation sites is 1. The highest BCUT2D eigenvalue weighted by Gasteiger charge is 2.13. The van der Waals surface area contributed by atoms with E-state index in [9.17, 15) is 18.0 Å². The van der Waals surface area contributed by atoms with Crippen LogP contribution in [0.2, 0.25) is 5.02 Å². The molecule has 9 heteroatoms. The number of anilines is 1. The van der Waals surface area contributed by atoms with Crippen LogP contribution in [0.15, 0.2) is 54.6 Å². The van der Waals surface area contributed by atoms with E-state index in [0.29, 0.717) is 35.3 Å². The van der Waals surface area contributed by atoms with Crippen LogP contribution in [0.1, 0.15) is 12.0 Å². The van der Waals surface area contributed by atoms with E-state index in [2.05, 4.69) is 5.43 Å². The Balaban J connectivity index is 1.73. The van der Waals surface area contributed by atoms with Crippen molar-refractivity contribution in [1.82, 2.24) is 5.01 Å². The molecular weight excluding hydrogens is 445 g/mol. The maximum absolute atomic E-state index is 14.4. The number of nitrogens with zero attached hydrogens (tertiary/aromatic N) is 1. The molecule has 0 aliphatic rings. The molecule has 0 saturated carbocycles. The molecule has 0 spiro atoms. The molecule has 0 atom stereocenters. The van der Waals surface area contributed by atoms with Crippen molar-refractivity contribution in [2.75, 3.05) is 18.6 Å². The molecule has 0 aliphatic heterocycles. The number of benzene rings is 3. The van der Waals surface area contributed by atoms with Gasteiger partial charge in [0.05, 0.1) is 10.7 Å². The molecule has 2 N–H and O–H groups in total. The molecule has 0 aliphatic carbocycles. The van der Waals surface area contributed by atoms with Crippen LogP contribution in [0.3, 0.4) is 0 Å². The summed E-state index contributed by atoms with van der Waals surface area (Å²) in [6.07, 6.45) is 0.842. The largest absolute Gasteiger partial charge is 0.489 e. The van der Waals surface area contributed by atoms with Crippen molar-refractivity contribution in [1.29, 1.82) is 0 Å². The second-order valence-electron chi connectivity index (χ2n) is 6.82. The van der Waals surface area contributed by atoms with Crippen molar-refractivity contribution in [2.45, 2.75) is 13.0 Å². The summed E-state index contributed by atoms with van der Waals surface area (Å²) in [5, 5.41) is 10.1. The number of rotatable bonds is 10. The van der Waals surface area contributed by atoms with E-state index in [1.54, 1.807) is 30.3 Å². The van der Waals surface area contributed by atoms with Crippen LogP contribution in [0, 0.1) is 17.5 Å². The fourth-order valence-corrected chi connectivity index (χ4v) is 3.23. The molecule has 0 unspecified atom stereocenters. The summed E-state index contributed by atoms with van der Waals surface area (Å²) in [5.41, 5.74) is 4.16. The standard InChI is InChI=1S/C23H20ClF3N2O3/c24-19-12-22(27)21(26)11-18(19)15-5-7-17(8-6-15)32-13-16-3-1-4-20(25)23(16)28-29(14-31)9-2-10-30/h1,3-8,11-12,14,28,30H,2,9-10,13H2. The van der Waals surface area contributed by atoms with Gasteiger partial charge in [0.1, 0.15) is 18.2 Å². The molecule has 3 aromatic carbocycles. The minimum Gasteiger partial charge on any atom is -0.489 e. The van der Waals surface area contributed by atoms with Crippen LogP contribution in [0.4, 0.5) is 18.9 Å². The van der Waals surface area contributed by atoms with E-state index in [-0.39, 0.29) is 30.5 Å². The Bertz CT molecular complexity index is 1080. The lowest BCUT2D eigenvalue weighted by Gasteiger charge is -2.22. The van der Waals surface area contributed by atoms with E-state index < -0.39 is 17.5 Å². The Morgan fingerprint density at radius 2 is 1.75 bits per heavy atom. The Labute approximate surface area is 188 Å². The zero-order valence-corrected chi connectivity index (χ0v) is 17.6. The molecular formula is C23H20ClF3N2O3. The first kappa shape index (κ1) is 23.4. The third-order valence-corrected chi connectivity index (χ3v) is 4.92. The third-order valence-electron chi connectivity index (χ3n) is 4.61. The number of ether oxygens (including phenoxy) is 1. The van der Waals surface area contributed by atoms with Gasteiger partial charge in [0.2, 0.25) is 6.41 Å². The molecule has 0 fully saturated rings. The van der Waals surface area contributed by atoms with Crippen LogP contribution in [0.5, 0.6) is 5.75 Å². The van der Waals surface area contributed by atoms with Gasteiger partial charge in [-0.25, -0.2) is 13.2 Å². The minimum absolute atomic E-state index is 0.00191. The third kappa shape index (κ3) is 5.72. The quantitative estimate of drug-likeness (QED) is 0.247. The number of halogens is 4. The average Bonchev–Trinajstić information content (AvgIpc) is 2.79. The predicted octanol–water partition coefficient (Wildman–Crippen LogP) is 5.17. The number of carbonyl (C=O) groups excluding carboxylic acids is 1. The second-order valence-corrected chi connectivity index (χ2v) is 7.23. The number of hydrogen-bond donors (Lipinski definition) is 2. The van der Waals surface area contributed by atoms with E-state index in [1.807, 2.05) is 0 Å².